The first-order valence-corrected chi connectivity index (χ1v) is 14.8. The molecule has 202 valence electrons. The molecular weight excluding hydrogens is 518 g/mol. The van der Waals surface area contributed by atoms with Gasteiger partial charge in [0.25, 0.3) is 0 Å². The maximum atomic E-state index is 4.45. The van der Waals surface area contributed by atoms with Crippen LogP contribution in [0.5, 0.6) is 0 Å². The molecule has 0 spiro atoms. The first-order chi connectivity index (χ1) is 21.2. The monoisotopic (exact) mass is 547 g/mol. The molecule has 0 unspecified atom stereocenters. The van der Waals surface area contributed by atoms with E-state index in [0.717, 1.165) is 5.69 Å². The summed E-state index contributed by atoms with van der Waals surface area (Å²) in [7, 11) is 0. The Hall–Kier alpha value is -5.53. The summed E-state index contributed by atoms with van der Waals surface area (Å²) in [6.07, 6.45) is 1.85. The van der Waals surface area contributed by atoms with E-state index in [1.807, 2.05) is 12.3 Å². The van der Waals surface area contributed by atoms with Gasteiger partial charge in [-0.2, -0.15) is 0 Å². The van der Waals surface area contributed by atoms with Crippen molar-refractivity contribution in [3.8, 4) is 44.5 Å². The van der Waals surface area contributed by atoms with Gasteiger partial charge in [-0.1, -0.05) is 140 Å². The predicted molar refractivity (Wildman–Crippen MR) is 183 cm³/mol. The van der Waals surface area contributed by atoms with Crippen molar-refractivity contribution in [2.24, 2.45) is 0 Å². The second-order valence-electron chi connectivity index (χ2n) is 11.2. The van der Waals surface area contributed by atoms with E-state index in [2.05, 4.69) is 158 Å². The molecule has 0 aliphatic carbocycles. The highest BCUT2D eigenvalue weighted by atomic mass is 14.7. The van der Waals surface area contributed by atoms with Crippen molar-refractivity contribution in [3.63, 3.8) is 0 Å². The number of hydrogen-bond donors (Lipinski definition) is 0. The van der Waals surface area contributed by atoms with E-state index in [1.165, 1.54) is 76.8 Å². The van der Waals surface area contributed by atoms with Gasteiger partial charge >= 0.3 is 0 Å². The lowest BCUT2D eigenvalue weighted by atomic mass is 9.85. The number of benzene rings is 7. The Morgan fingerprint density at radius 2 is 0.837 bits per heavy atom. The van der Waals surface area contributed by atoms with E-state index in [4.69, 9.17) is 0 Å². The van der Waals surface area contributed by atoms with Gasteiger partial charge in [-0.3, -0.25) is 4.98 Å². The van der Waals surface area contributed by atoms with Crippen LogP contribution < -0.4 is 0 Å². The molecule has 7 aromatic carbocycles. The summed E-state index contributed by atoms with van der Waals surface area (Å²) in [5, 5.41) is 7.62. The molecule has 0 atom stereocenters. The molecule has 0 saturated heterocycles. The summed E-state index contributed by atoms with van der Waals surface area (Å²) in [4.78, 5) is 4.45. The Labute approximate surface area is 251 Å². The van der Waals surface area contributed by atoms with Crippen LogP contribution in [0.15, 0.2) is 158 Å². The SMILES string of the molecule is Cc1ncccc1-c1ccc(-c2ccc(-c3c4ccccc4c(-c4ccc5ccccc5c4)c4ccccc34)cc2)cc1. The van der Waals surface area contributed by atoms with Crippen LogP contribution in [0.4, 0.5) is 0 Å². The molecule has 8 aromatic rings. The first kappa shape index (κ1) is 25.2. The number of aromatic nitrogens is 1. The minimum Gasteiger partial charge on any atom is -0.261 e. The fourth-order valence-corrected chi connectivity index (χ4v) is 6.56. The van der Waals surface area contributed by atoms with Crippen LogP contribution in [0.2, 0.25) is 0 Å². The van der Waals surface area contributed by atoms with Gasteiger partial charge in [-0.05, 0) is 90.3 Å². The molecule has 1 aromatic heterocycles. The van der Waals surface area contributed by atoms with Crippen LogP contribution in [0.25, 0.3) is 76.8 Å². The molecular formula is C42H29N. The van der Waals surface area contributed by atoms with Gasteiger partial charge in [0.2, 0.25) is 0 Å². The highest BCUT2D eigenvalue weighted by Crippen LogP contribution is 2.44. The third-order valence-electron chi connectivity index (χ3n) is 8.68. The largest absolute Gasteiger partial charge is 0.261 e. The van der Waals surface area contributed by atoms with Gasteiger partial charge in [0.15, 0.2) is 0 Å². The van der Waals surface area contributed by atoms with Crippen LogP contribution in [0.1, 0.15) is 5.69 Å². The Morgan fingerprint density at radius 1 is 0.372 bits per heavy atom. The Bertz CT molecular complexity index is 2220. The smallest absolute Gasteiger partial charge is 0.0450 e. The zero-order valence-electron chi connectivity index (χ0n) is 24.0. The molecule has 0 bridgehead atoms. The van der Waals surface area contributed by atoms with E-state index < -0.39 is 0 Å². The molecule has 8 rings (SSSR count). The average molecular weight is 548 g/mol. The number of aryl methyl sites for hydroxylation is 1. The minimum atomic E-state index is 1.05. The Morgan fingerprint density at radius 3 is 1.42 bits per heavy atom. The van der Waals surface area contributed by atoms with Crippen LogP contribution >= 0.6 is 0 Å². The van der Waals surface area contributed by atoms with E-state index in [9.17, 15) is 0 Å². The first-order valence-electron chi connectivity index (χ1n) is 14.8. The molecule has 43 heavy (non-hydrogen) atoms. The lowest BCUT2D eigenvalue weighted by molar-refractivity contribution is 1.20. The Balaban J connectivity index is 1.25. The highest BCUT2D eigenvalue weighted by molar-refractivity contribution is 6.21. The third-order valence-corrected chi connectivity index (χ3v) is 8.68. The topological polar surface area (TPSA) is 12.9 Å². The minimum absolute atomic E-state index is 1.05. The van der Waals surface area contributed by atoms with Crippen molar-refractivity contribution < 1.29 is 0 Å². The van der Waals surface area contributed by atoms with Gasteiger partial charge < -0.3 is 0 Å². The van der Waals surface area contributed by atoms with Crippen molar-refractivity contribution in [1.29, 1.82) is 0 Å². The van der Waals surface area contributed by atoms with Crippen LogP contribution in [-0.4, -0.2) is 4.98 Å². The zero-order chi connectivity index (χ0) is 28.8. The van der Waals surface area contributed by atoms with Crippen molar-refractivity contribution in [3.05, 3.63) is 164 Å². The number of nitrogens with zero attached hydrogens (tertiary/aromatic N) is 1. The molecule has 0 aliphatic rings. The number of fused-ring (bicyclic) bond motifs is 3. The maximum absolute atomic E-state index is 4.45. The van der Waals surface area contributed by atoms with Gasteiger partial charge in [0.05, 0.1) is 0 Å². The van der Waals surface area contributed by atoms with Crippen molar-refractivity contribution in [1.82, 2.24) is 4.98 Å². The van der Waals surface area contributed by atoms with E-state index in [0.29, 0.717) is 0 Å². The standard InChI is InChI=1S/C42H29N/c1-28-36(15-8-26-43-28)32-21-16-30(17-22-32)31-18-23-33(24-19-31)41-37-11-4-6-13-39(37)42(40-14-7-5-12-38(40)41)35-25-20-29-9-2-3-10-34(29)27-35/h2-27H,1H3. The lowest BCUT2D eigenvalue weighted by Gasteiger charge is -2.18. The third kappa shape index (κ3) is 4.38. The van der Waals surface area contributed by atoms with Crippen LogP contribution in [0, 0.1) is 6.92 Å². The van der Waals surface area contributed by atoms with Gasteiger partial charge in [-0.15, -0.1) is 0 Å². The van der Waals surface area contributed by atoms with Gasteiger partial charge in [0, 0.05) is 17.5 Å². The van der Waals surface area contributed by atoms with Crippen molar-refractivity contribution in [2.75, 3.05) is 0 Å². The number of rotatable bonds is 4. The summed E-state index contributed by atoms with van der Waals surface area (Å²) in [5.41, 5.74) is 10.9. The van der Waals surface area contributed by atoms with Crippen LogP contribution in [-0.2, 0) is 0 Å². The summed E-state index contributed by atoms with van der Waals surface area (Å²) < 4.78 is 0. The molecule has 0 N–H and O–H groups in total. The molecule has 0 radical (unpaired) electrons. The molecule has 0 aliphatic heterocycles. The normalized spacial score (nSPS) is 11.4. The quantitative estimate of drug-likeness (QED) is 0.200. The molecule has 0 saturated carbocycles. The molecule has 1 heteroatoms. The van der Waals surface area contributed by atoms with Gasteiger partial charge in [0.1, 0.15) is 0 Å². The van der Waals surface area contributed by atoms with Crippen molar-refractivity contribution >= 4 is 32.3 Å². The summed E-state index contributed by atoms with van der Waals surface area (Å²) in [6.45, 7) is 2.06. The predicted octanol–water partition coefficient (Wildman–Crippen LogP) is 11.5. The van der Waals surface area contributed by atoms with E-state index in [-0.39, 0.29) is 0 Å². The molecule has 1 heterocycles. The Kier molecular flexibility index (Phi) is 6.09. The summed E-state index contributed by atoms with van der Waals surface area (Å²) >= 11 is 0. The number of pyridine rings is 1. The fraction of sp³-hybridized carbons (Fsp3) is 0.0238. The molecule has 1 nitrogen and oxygen atoms in total. The lowest BCUT2D eigenvalue weighted by Crippen LogP contribution is -1.91. The van der Waals surface area contributed by atoms with Gasteiger partial charge in [-0.25, -0.2) is 0 Å². The molecule has 0 amide bonds. The fourth-order valence-electron chi connectivity index (χ4n) is 6.56. The van der Waals surface area contributed by atoms with Crippen molar-refractivity contribution in [2.45, 2.75) is 6.92 Å². The van der Waals surface area contributed by atoms with Crippen LogP contribution in [0.3, 0.4) is 0 Å². The number of hydrogen-bond acceptors (Lipinski definition) is 1. The summed E-state index contributed by atoms with van der Waals surface area (Å²) in [6, 6.07) is 55.2. The highest BCUT2D eigenvalue weighted by Gasteiger charge is 2.16. The maximum Gasteiger partial charge on any atom is 0.0450 e. The second-order valence-corrected chi connectivity index (χ2v) is 11.2. The van der Waals surface area contributed by atoms with E-state index in [1.54, 1.807) is 0 Å². The second kappa shape index (κ2) is 10.4. The average Bonchev–Trinajstić information content (AvgIpc) is 3.07. The zero-order valence-corrected chi connectivity index (χ0v) is 24.0. The van der Waals surface area contributed by atoms with E-state index >= 15 is 0 Å². The summed E-state index contributed by atoms with van der Waals surface area (Å²) in [5.74, 6) is 0. The molecule has 0 fully saturated rings.